The number of rotatable bonds is 5. The summed E-state index contributed by atoms with van der Waals surface area (Å²) in [6.45, 7) is 9.77. The van der Waals surface area contributed by atoms with Gasteiger partial charge in [0.05, 0.1) is 18.9 Å². The summed E-state index contributed by atoms with van der Waals surface area (Å²) in [6.07, 6.45) is 1.63. The lowest BCUT2D eigenvalue weighted by Crippen LogP contribution is -2.19. The molecule has 0 aromatic heterocycles. The van der Waals surface area contributed by atoms with Gasteiger partial charge in [-0.25, -0.2) is 0 Å². The summed E-state index contributed by atoms with van der Waals surface area (Å²) < 4.78 is 10.6. The minimum Gasteiger partial charge on any atom is -0.463 e. The van der Waals surface area contributed by atoms with E-state index in [9.17, 15) is 9.59 Å². The third kappa shape index (κ3) is 5.99. The number of benzene rings is 1. The van der Waals surface area contributed by atoms with Gasteiger partial charge in [-0.1, -0.05) is 45.0 Å². The van der Waals surface area contributed by atoms with Crippen LogP contribution in [0.3, 0.4) is 0 Å². The standard InChI is InChI=1S/C18H24O4.C2H6/c1-12(2)21-17(19)10-11-18(20)22-16-9-8-13(3)14-6-4-5-7-15(14)16;1-2/h4-7,12-13,16H,8-11H2,1-3H3;1-2H3. The lowest BCUT2D eigenvalue weighted by atomic mass is 9.82. The van der Waals surface area contributed by atoms with Gasteiger partial charge in [0.1, 0.15) is 6.10 Å². The van der Waals surface area contributed by atoms with Crippen molar-refractivity contribution in [2.75, 3.05) is 0 Å². The number of fused-ring (bicyclic) bond motifs is 1. The van der Waals surface area contributed by atoms with Crippen LogP contribution in [0.15, 0.2) is 24.3 Å². The minimum absolute atomic E-state index is 0.0692. The van der Waals surface area contributed by atoms with Crippen molar-refractivity contribution in [2.45, 2.75) is 78.4 Å². The summed E-state index contributed by atoms with van der Waals surface area (Å²) >= 11 is 0. The zero-order valence-corrected chi connectivity index (χ0v) is 15.5. The molecule has 1 aromatic rings. The Hall–Kier alpha value is -1.84. The molecule has 2 atom stereocenters. The maximum Gasteiger partial charge on any atom is 0.306 e. The van der Waals surface area contributed by atoms with E-state index in [1.165, 1.54) is 5.56 Å². The quantitative estimate of drug-likeness (QED) is 0.717. The van der Waals surface area contributed by atoms with Crippen molar-refractivity contribution in [3.8, 4) is 0 Å². The molecule has 0 heterocycles. The van der Waals surface area contributed by atoms with Crippen molar-refractivity contribution in [2.24, 2.45) is 0 Å². The molecule has 0 radical (unpaired) electrons. The molecular weight excluding hydrogens is 304 g/mol. The first kappa shape index (κ1) is 20.2. The van der Waals surface area contributed by atoms with Crippen molar-refractivity contribution < 1.29 is 19.1 Å². The van der Waals surface area contributed by atoms with Crippen LogP contribution in [0.1, 0.15) is 83.5 Å². The molecule has 4 heteroatoms. The minimum atomic E-state index is -0.357. The largest absolute Gasteiger partial charge is 0.463 e. The average molecular weight is 334 g/mol. The molecule has 0 N–H and O–H groups in total. The predicted molar refractivity (Wildman–Crippen MR) is 94.7 cm³/mol. The third-order valence-electron chi connectivity index (χ3n) is 3.91. The van der Waals surface area contributed by atoms with E-state index in [1.54, 1.807) is 13.8 Å². The van der Waals surface area contributed by atoms with Gasteiger partial charge in [0.2, 0.25) is 0 Å². The lowest BCUT2D eigenvalue weighted by Gasteiger charge is -2.29. The van der Waals surface area contributed by atoms with Crippen LogP contribution in [0, 0.1) is 0 Å². The molecule has 4 nitrogen and oxygen atoms in total. The Balaban J connectivity index is 0.00000139. The Morgan fingerprint density at radius 2 is 1.62 bits per heavy atom. The second-order valence-corrected chi connectivity index (χ2v) is 6.12. The van der Waals surface area contributed by atoms with Gasteiger partial charge in [-0.3, -0.25) is 9.59 Å². The normalized spacial score (nSPS) is 18.9. The van der Waals surface area contributed by atoms with Crippen LogP contribution in [-0.2, 0) is 19.1 Å². The number of carbonyl (C=O) groups is 2. The number of ether oxygens (including phenoxy) is 2. The van der Waals surface area contributed by atoms with Crippen LogP contribution >= 0.6 is 0 Å². The van der Waals surface area contributed by atoms with Gasteiger partial charge in [-0.05, 0) is 43.7 Å². The number of carbonyl (C=O) groups excluding carboxylic acids is 2. The molecular formula is C20H30O4. The van der Waals surface area contributed by atoms with Crippen molar-refractivity contribution in [3.05, 3.63) is 35.4 Å². The molecule has 2 rings (SSSR count). The number of hydrogen-bond donors (Lipinski definition) is 0. The Labute approximate surface area is 145 Å². The summed E-state index contributed by atoms with van der Waals surface area (Å²) in [5.41, 5.74) is 2.35. The molecule has 1 aliphatic carbocycles. The molecule has 0 aliphatic heterocycles. The van der Waals surface area contributed by atoms with Crippen LogP contribution in [0.4, 0.5) is 0 Å². The summed E-state index contributed by atoms with van der Waals surface area (Å²) in [5, 5.41) is 0. The maximum atomic E-state index is 12.0. The summed E-state index contributed by atoms with van der Waals surface area (Å²) in [7, 11) is 0. The highest BCUT2D eigenvalue weighted by Crippen LogP contribution is 2.39. The third-order valence-corrected chi connectivity index (χ3v) is 3.91. The topological polar surface area (TPSA) is 52.6 Å². The highest BCUT2D eigenvalue weighted by Gasteiger charge is 2.27. The highest BCUT2D eigenvalue weighted by atomic mass is 16.5. The monoisotopic (exact) mass is 334 g/mol. The van der Waals surface area contributed by atoms with Gasteiger partial charge >= 0.3 is 11.9 Å². The molecule has 0 saturated carbocycles. The first-order chi connectivity index (χ1) is 11.5. The van der Waals surface area contributed by atoms with Gasteiger partial charge in [-0.15, -0.1) is 0 Å². The average Bonchev–Trinajstić information content (AvgIpc) is 2.57. The van der Waals surface area contributed by atoms with Crippen molar-refractivity contribution >= 4 is 11.9 Å². The molecule has 1 aromatic carbocycles. The number of esters is 2. The Morgan fingerprint density at radius 3 is 2.25 bits per heavy atom. The van der Waals surface area contributed by atoms with Crippen LogP contribution in [-0.4, -0.2) is 18.0 Å². The van der Waals surface area contributed by atoms with E-state index in [0.717, 1.165) is 18.4 Å². The zero-order chi connectivity index (χ0) is 18.1. The van der Waals surface area contributed by atoms with Gasteiger partial charge in [0.25, 0.3) is 0 Å². The van der Waals surface area contributed by atoms with Gasteiger partial charge in [0, 0.05) is 0 Å². The van der Waals surface area contributed by atoms with Gasteiger partial charge in [0.15, 0.2) is 0 Å². The fourth-order valence-corrected chi connectivity index (χ4v) is 2.83. The van der Waals surface area contributed by atoms with E-state index in [0.29, 0.717) is 5.92 Å². The smallest absolute Gasteiger partial charge is 0.306 e. The lowest BCUT2D eigenvalue weighted by molar-refractivity contribution is -0.156. The van der Waals surface area contributed by atoms with E-state index >= 15 is 0 Å². The molecule has 134 valence electrons. The van der Waals surface area contributed by atoms with Crippen molar-refractivity contribution in [1.29, 1.82) is 0 Å². The number of hydrogen-bond acceptors (Lipinski definition) is 4. The first-order valence-electron chi connectivity index (χ1n) is 8.95. The van der Waals surface area contributed by atoms with Gasteiger partial charge in [-0.2, -0.15) is 0 Å². The highest BCUT2D eigenvalue weighted by molar-refractivity contribution is 5.77. The molecule has 1 aliphatic rings. The fourth-order valence-electron chi connectivity index (χ4n) is 2.83. The second-order valence-electron chi connectivity index (χ2n) is 6.12. The van der Waals surface area contributed by atoms with Crippen LogP contribution in [0.25, 0.3) is 0 Å². The predicted octanol–water partition coefficient (Wildman–Crippen LogP) is 4.93. The first-order valence-corrected chi connectivity index (χ1v) is 8.95. The van der Waals surface area contributed by atoms with E-state index < -0.39 is 0 Å². The summed E-state index contributed by atoms with van der Waals surface area (Å²) in [6, 6.07) is 8.11. The zero-order valence-electron chi connectivity index (χ0n) is 15.5. The molecule has 0 saturated heterocycles. The van der Waals surface area contributed by atoms with Crippen LogP contribution in [0.2, 0.25) is 0 Å². The summed E-state index contributed by atoms with van der Waals surface area (Å²) in [5.74, 6) is -0.202. The maximum absolute atomic E-state index is 12.0. The van der Waals surface area contributed by atoms with Crippen LogP contribution < -0.4 is 0 Å². The van der Waals surface area contributed by atoms with E-state index in [1.807, 2.05) is 32.0 Å². The molecule has 0 amide bonds. The van der Waals surface area contributed by atoms with Crippen LogP contribution in [0.5, 0.6) is 0 Å². The van der Waals surface area contributed by atoms with E-state index in [-0.39, 0.29) is 37.0 Å². The van der Waals surface area contributed by atoms with E-state index in [2.05, 4.69) is 13.0 Å². The molecule has 0 bridgehead atoms. The SMILES string of the molecule is CC.CC(C)OC(=O)CCC(=O)OC1CCC(C)c2ccccc21. The van der Waals surface area contributed by atoms with Gasteiger partial charge < -0.3 is 9.47 Å². The second kappa shape index (κ2) is 10.1. The Morgan fingerprint density at radius 1 is 1.04 bits per heavy atom. The Bertz CT molecular complexity index is 536. The molecule has 0 spiro atoms. The Kier molecular flexibility index (Phi) is 8.51. The summed E-state index contributed by atoms with van der Waals surface area (Å²) in [4.78, 5) is 23.4. The fraction of sp³-hybridized carbons (Fsp3) is 0.600. The van der Waals surface area contributed by atoms with Crippen molar-refractivity contribution in [1.82, 2.24) is 0 Å². The molecule has 24 heavy (non-hydrogen) atoms. The van der Waals surface area contributed by atoms with E-state index in [4.69, 9.17) is 9.47 Å². The van der Waals surface area contributed by atoms with Crippen molar-refractivity contribution in [3.63, 3.8) is 0 Å². The molecule has 2 unspecified atom stereocenters. The molecule has 0 fully saturated rings.